The molecule has 0 bridgehead atoms. The van der Waals surface area contributed by atoms with Crippen LogP contribution in [0.1, 0.15) is 24.0 Å². The summed E-state index contributed by atoms with van der Waals surface area (Å²) in [6.45, 7) is 1.49. The molecule has 1 fully saturated rings. The molecule has 0 saturated carbocycles. The average molecular weight is 297 g/mol. The van der Waals surface area contributed by atoms with Gasteiger partial charge in [0.25, 0.3) is 0 Å². The number of rotatable bonds is 5. The van der Waals surface area contributed by atoms with Crippen molar-refractivity contribution in [1.82, 2.24) is 4.72 Å². The monoisotopic (exact) mass is 297 g/mol. The molecule has 110 valence electrons. The van der Waals surface area contributed by atoms with Gasteiger partial charge < -0.3 is 9.47 Å². The highest BCUT2D eigenvalue weighted by molar-refractivity contribution is 7.89. The fourth-order valence-corrected chi connectivity index (χ4v) is 3.78. The molecule has 1 heterocycles. The van der Waals surface area contributed by atoms with Crippen LogP contribution in [0.15, 0.2) is 23.1 Å². The fourth-order valence-electron chi connectivity index (χ4n) is 2.68. The first-order valence-electron chi connectivity index (χ1n) is 7.00. The van der Waals surface area contributed by atoms with Crippen molar-refractivity contribution in [3.8, 4) is 0 Å². The maximum atomic E-state index is 12.2. The maximum absolute atomic E-state index is 12.2. The van der Waals surface area contributed by atoms with E-state index in [1.807, 2.05) is 6.07 Å². The Morgan fingerprint density at radius 2 is 1.90 bits per heavy atom. The van der Waals surface area contributed by atoms with Crippen molar-refractivity contribution in [2.24, 2.45) is 0 Å². The first kappa shape index (κ1) is 14.0. The van der Waals surface area contributed by atoms with Crippen LogP contribution < -0.4 is 4.72 Å². The molecule has 1 aromatic carbocycles. The number of sulfonamides is 1. The van der Waals surface area contributed by atoms with Crippen LogP contribution in [0.2, 0.25) is 0 Å². The number of hydrogen-bond acceptors (Lipinski definition) is 4. The van der Waals surface area contributed by atoms with Crippen molar-refractivity contribution < 1.29 is 17.9 Å². The fraction of sp³-hybridized carbons (Fsp3) is 0.571. The van der Waals surface area contributed by atoms with E-state index in [1.54, 1.807) is 12.1 Å². The SMILES string of the molecule is O=S(=O)(NCCC1OCCO1)c1ccc2c(c1)CCC2. The Kier molecular flexibility index (Phi) is 4.07. The van der Waals surface area contributed by atoms with Gasteiger partial charge in [0, 0.05) is 13.0 Å². The van der Waals surface area contributed by atoms with Gasteiger partial charge in [-0.15, -0.1) is 0 Å². The highest BCUT2D eigenvalue weighted by Gasteiger charge is 2.20. The largest absolute Gasteiger partial charge is 0.350 e. The van der Waals surface area contributed by atoms with E-state index in [2.05, 4.69) is 4.72 Å². The smallest absolute Gasteiger partial charge is 0.240 e. The predicted molar refractivity (Wildman–Crippen MR) is 74.0 cm³/mol. The predicted octanol–water partition coefficient (Wildman–Crippen LogP) is 1.22. The zero-order chi connectivity index (χ0) is 14.0. The van der Waals surface area contributed by atoms with Crippen LogP contribution in [-0.2, 0) is 32.3 Å². The minimum atomic E-state index is -3.43. The van der Waals surface area contributed by atoms with Crippen LogP contribution in [0, 0.1) is 0 Å². The summed E-state index contributed by atoms with van der Waals surface area (Å²) < 4.78 is 37.6. The third-order valence-corrected chi connectivity index (χ3v) is 5.20. The molecule has 1 N–H and O–H groups in total. The van der Waals surface area contributed by atoms with Gasteiger partial charge in [-0.2, -0.15) is 0 Å². The molecule has 0 spiro atoms. The van der Waals surface area contributed by atoms with Crippen LogP contribution in [0.4, 0.5) is 0 Å². The Bertz CT molecular complexity index is 579. The molecule has 1 saturated heterocycles. The van der Waals surface area contributed by atoms with Gasteiger partial charge in [-0.3, -0.25) is 0 Å². The van der Waals surface area contributed by atoms with E-state index in [4.69, 9.17) is 9.47 Å². The number of ether oxygens (including phenoxy) is 2. The van der Waals surface area contributed by atoms with E-state index in [1.165, 1.54) is 5.56 Å². The number of hydrogen-bond donors (Lipinski definition) is 1. The maximum Gasteiger partial charge on any atom is 0.240 e. The van der Waals surface area contributed by atoms with Crippen LogP contribution in [0.5, 0.6) is 0 Å². The third kappa shape index (κ3) is 3.03. The Morgan fingerprint density at radius 3 is 2.70 bits per heavy atom. The summed E-state index contributed by atoms with van der Waals surface area (Å²) in [5.74, 6) is 0. The molecule has 1 aliphatic heterocycles. The Labute approximate surface area is 119 Å². The first-order chi connectivity index (χ1) is 9.65. The van der Waals surface area contributed by atoms with Gasteiger partial charge >= 0.3 is 0 Å². The Hall–Kier alpha value is -0.950. The van der Waals surface area contributed by atoms with E-state index in [9.17, 15) is 8.42 Å². The molecular weight excluding hydrogens is 278 g/mol. The lowest BCUT2D eigenvalue weighted by atomic mass is 10.1. The van der Waals surface area contributed by atoms with Crippen molar-refractivity contribution in [1.29, 1.82) is 0 Å². The Morgan fingerprint density at radius 1 is 1.15 bits per heavy atom. The van der Waals surface area contributed by atoms with Gasteiger partial charge in [-0.05, 0) is 42.5 Å². The summed E-state index contributed by atoms with van der Waals surface area (Å²) >= 11 is 0. The van der Waals surface area contributed by atoms with Crippen LogP contribution in [0.3, 0.4) is 0 Å². The number of aryl methyl sites for hydroxylation is 2. The minimum absolute atomic E-state index is 0.280. The molecule has 2 aliphatic rings. The molecule has 0 aromatic heterocycles. The topological polar surface area (TPSA) is 64.6 Å². The summed E-state index contributed by atoms with van der Waals surface area (Å²) in [7, 11) is -3.43. The normalized spacial score (nSPS) is 19.4. The summed E-state index contributed by atoms with van der Waals surface area (Å²) in [4.78, 5) is 0.353. The highest BCUT2D eigenvalue weighted by atomic mass is 32.2. The van der Waals surface area contributed by atoms with E-state index >= 15 is 0 Å². The van der Waals surface area contributed by atoms with Crippen LogP contribution in [0.25, 0.3) is 0 Å². The van der Waals surface area contributed by atoms with Crippen LogP contribution in [-0.4, -0.2) is 34.5 Å². The van der Waals surface area contributed by atoms with Crippen molar-refractivity contribution in [2.45, 2.75) is 36.9 Å². The Balaban J connectivity index is 1.62. The number of fused-ring (bicyclic) bond motifs is 1. The summed E-state index contributed by atoms with van der Waals surface area (Å²) in [6, 6.07) is 5.42. The van der Waals surface area contributed by atoms with Crippen molar-refractivity contribution >= 4 is 10.0 Å². The number of benzene rings is 1. The van der Waals surface area contributed by atoms with Gasteiger partial charge in [0.05, 0.1) is 18.1 Å². The molecule has 6 heteroatoms. The van der Waals surface area contributed by atoms with Crippen molar-refractivity contribution in [3.05, 3.63) is 29.3 Å². The second kappa shape index (κ2) is 5.81. The average Bonchev–Trinajstić information content (AvgIpc) is 3.08. The lowest BCUT2D eigenvalue weighted by Gasteiger charge is -2.11. The second-order valence-electron chi connectivity index (χ2n) is 5.14. The molecule has 0 atom stereocenters. The lowest BCUT2D eigenvalue weighted by Crippen LogP contribution is -2.27. The summed E-state index contributed by atoms with van der Waals surface area (Å²) in [6.07, 6.45) is 3.40. The first-order valence-corrected chi connectivity index (χ1v) is 8.48. The van der Waals surface area contributed by atoms with Crippen molar-refractivity contribution in [3.63, 3.8) is 0 Å². The summed E-state index contributed by atoms with van der Waals surface area (Å²) in [5.41, 5.74) is 2.44. The third-order valence-electron chi connectivity index (χ3n) is 3.74. The molecule has 0 radical (unpaired) electrons. The molecular formula is C14H19NO4S. The summed E-state index contributed by atoms with van der Waals surface area (Å²) in [5, 5.41) is 0. The highest BCUT2D eigenvalue weighted by Crippen LogP contribution is 2.24. The molecule has 1 aliphatic carbocycles. The minimum Gasteiger partial charge on any atom is -0.350 e. The molecule has 20 heavy (non-hydrogen) atoms. The zero-order valence-electron chi connectivity index (χ0n) is 11.3. The standard InChI is InChI=1S/C14H19NO4S/c16-20(17,15-7-6-14-18-8-9-19-14)13-5-4-11-2-1-3-12(11)10-13/h4-5,10,14-15H,1-3,6-9H2. The quantitative estimate of drug-likeness (QED) is 0.887. The van der Waals surface area contributed by atoms with Gasteiger partial charge in [0.1, 0.15) is 0 Å². The lowest BCUT2D eigenvalue weighted by molar-refractivity contribution is -0.0451. The molecule has 3 rings (SSSR count). The number of nitrogens with one attached hydrogen (secondary N) is 1. The second-order valence-corrected chi connectivity index (χ2v) is 6.91. The van der Waals surface area contributed by atoms with E-state index in [0.29, 0.717) is 31.1 Å². The van der Waals surface area contributed by atoms with Gasteiger partial charge in [0.15, 0.2) is 6.29 Å². The zero-order valence-corrected chi connectivity index (χ0v) is 12.1. The van der Waals surface area contributed by atoms with E-state index in [0.717, 1.165) is 24.8 Å². The molecule has 1 aromatic rings. The van der Waals surface area contributed by atoms with Gasteiger partial charge in [-0.25, -0.2) is 13.1 Å². The van der Waals surface area contributed by atoms with E-state index in [-0.39, 0.29) is 6.29 Å². The molecule has 5 nitrogen and oxygen atoms in total. The molecule has 0 amide bonds. The molecule has 0 unspecified atom stereocenters. The van der Waals surface area contributed by atoms with Crippen molar-refractivity contribution in [2.75, 3.05) is 19.8 Å². The van der Waals surface area contributed by atoms with E-state index < -0.39 is 10.0 Å². The van der Waals surface area contributed by atoms with Crippen LogP contribution >= 0.6 is 0 Å². The van der Waals surface area contributed by atoms with Gasteiger partial charge in [0.2, 0.25) is 10.0 Å². The van der Waals surface area contributed by atoms with Gasteiger partial charge in [-0.1, -0.05) is 6.07 Å².